The minimum Gasteiger partial charge on any atom is -0.497 e. The summed E-state index contributed by atoms with van der Waals surface area (Å²) in [6.07, 6.45) is 2.50. The fourth-order valence-electron chi connectivity index (χ4n) is 4.02. The predicted octanol–water partition coefficient (Wildman–Crippen LogP) is 4.22. The molecule has 7 nitrogen and oxygen atoms in total. The van der Waals surface area contributed by atoms with E-state index in [4.69, 9.17) is 19.2 Å². The van der Waals surface area contributed by atoms with Crippen molar-refractivity contribution >= 4 is 29.9 Å². The second-order valence-electron chi connectivity index (χ2n) is 7.80. The third-order valence-electron chi connectivity index (χ3n) is 5.76. The highest BCUT2D eigenvalue weighted by Crippen LogP contribution is 2.28. The number of aliphatic imine (C=N–C) groups is 1. The summed E-state index contributed by atoms with van der Waals surface area (Å²) in [6.45, 7) is 6.45. The van der Waals surface area contributed by atoms with Crippen LogP contribution in [0.15, 0.2) is 47.5 Å². The quantitative estimate of drug-likeness (QED) is 0.254. The Kier molecular flexibility index (Phi) is 11.6. The second kappa shape index (κ2) is 14.1. The molecule has 1 unspecified atom stereocenters. The Morgan fingerprint density at radius 3 is 2.24 bits per heavy atom. The highest BCUT2D eigenvalue weighted by molar-refractivity contribution is 14.0. The van der Waals surface area contributed by atoms with Gasteiger partial charge in [-0.25, -0.2) is 4.99 Å². The molecular formula is C25H37IN4O3. The molecule has 33 heavy (non-hydrogen) atoms. The minimum atomic E-state index is 0. The Balaban J connectivity index is 0.00000385. The van der Waals surface area contributed by atoms with Crippen molar-refractivity contribution in [2.45, 2.75) is 32.4 Å². The number of hydrogen-bond donors (Lipinski definition) is 2. The van der Waals surface area contributed by atoms with E-state index in [1.165, 1.54) is 18.4 Å². The van der Waals surface area contributed by atoms with Gasteiger partial charge in [0.15, 0.2) is 17.5 Å². The SMILES string of the molecule is CCNC(=NCc1ccc(OC)c(OC)c1)NCC(c1ccc(OC)cc1)N1CCCC1.I. The van der Waals surface area contributed by atoms with E-state index in [2.05, 4.69) is 34.6 Å². The van der Waals surface area contributed by atoms with Gasteiger partial charge >= 0.3 is 0 Å². The Morgan fingerprint density at radius 1 is 0.939 bits per heavy atom. The Morgan fingerprint density at radius 2 is 1.64 bits per heavy atom. The van der Waals surface area contributed by atoms with Crippen molar-refractivity contribution in [3.8, 4) is 17.2 Å². The van der Waals surface area contributed by atoms with Crippen LogP contribution in [0.4, 0.5) is 0 Å². The smallest absolute Gasteiger partial charge is 0.191 e. The normalized spacial score (nSPS) is 14.8. The number of benzene rings is 2. The Hall–Kier alpha value is -2.20. The third kappa shape index (κ3) is 7.67. The van der Waals surface area contributed by atoms with Crippen LogP contribution in [0.3, 0.4) is 0 Å². The molecule has 0 spiro atoms. The van der Waals surface area contributed by atoms with Gasteiger partial charge in [0.2, 0.25) is 0 Å². The number of nitrogens with one attached hydrogen (secondary N) is 2. The van der Waals surface area contributed by atoms with Crippen molar-refractivity contribution in [2.24, 2.45) is 4.99 Å². The van der Waals surface area contributed by atoms with Gasteiger partial charge < -0.3 is 24.8 Å². The van der Waals surface area contributed by atoms with E-state index >= 15 is 0 Å². The van der Waals surface area contributed by atoms with Gasteiger partial charge in [-0.3, -0.25) is 4.90 Å². The van der Waals surface area contributed by atoms with Crippen LogP contribution in [0.5, 0.6) is 17.2 Å². The third-order valence-corrected chi connectivity index (χ3v) is 5.76. The number of nitrogens with zero attached hydrogens (tertiary/aromatic N) is 2. The summed E-state index contributed by atoms with van der Waals surface area (Å²) in [5.41, 5.74) is 2.35. The molecule has 1 saturated heterocycles. The van der Waals surface area contributed by atoms with Crippen molar-refractivity contribution < 1.29 is 14.2 Å². The maximum Gasteiger partial charge on any atom is 0.191 e. The van der Waals surface area contributed by atoms with Crippen molar-refractivity contribution in [1.82, 2.24) is 15.5 Å². The summed E-state index contributed by atoms with van der Waals surface area (Å²) in [4.78, 5) is 7.34. The Bertz CT molecular complexity index is 870. The van der Waals surface area contributed by atoms with E-state index < -0.39 is 0 Å². The molecule has 0 amide bonds. The van der Waals surface area contributed by atoms with Crippen LogP contribution in [-0.2, 0) is 6.54 Å². The van der Waals surface area contributed by atoms with Crippen LogP contribution in [0.2, 0.25) is 0 Å². The minimum absolute atomic E-state index is 0. The number of ether oxygens (including phenoxy) is 3. The highest BCUT2D eigenvalue weighted by atomic mass is 127. The molecule has 2 N–H and O–H groups in total. The first-order valence-electron chi connectivity index (χ1n) is 11.3. The lowest BCUT2D eigenvalue weighted by Gasteiger charge is -2.29. The molecule has 3 rings (SSSR count). The van der Waals surface area contributed by atoms with Crippen molar-refractivity contribution in [3.05, 3.63) is 53.6 Å². The summed E-state index contributed by atoms with van der Waals surface area (Å²) in [5.74, 6) is 3.12. The average molecular weight is 569 g/mol. The van der Waals surface area contributed by atoms with Gasteiger partial charge in [0.25, 0.3) is 0 Å². The molecule has 2 aromatic rings. The molecule has 1 aliphatic heterocycles. The lowest BCUT2D eigenvalue weighted by Crippen LogP contribution is -2.42. The first kappa shape index (κ1) is 27.0. The van der Waals surface area contributed by atoms with Crippen LogP contribution in [0.1, 0.15) is 36.9 Å². The molecular weight excluding hydrogens is 531 g/mol. The van der Waals surface area contributed by atoms with Crippen LogP contribution in [0.25, 0.3) is 0 Å². The molecule has 0 aromatic heterocycles. The van der Waals surface area contributed by atoms with Crippen molar-refractivity contribution in [2.75, 3.05) is 47.5 Å². The fraction of sp³-hybridized carbons (Fsp3) is 0.480. The summed E-state index contributed by atoms with van der Waals surface area (Å²) in [7, 11) is 4.99. The molecule has 8 heteroatoms. The van der Waals surface area contributed by atoms with E-state index in [1.54, 1.807) is 21.3 Å². The van der Waals surface area contributed by atoms with Crippen LogP contribution in [0, 0.1) is 0 Å². The molecule has 1 atom stereocenters. The van der Waals surface area contributed by atoms with Gasteiger partial charge in [0.1, 0.15) is 5.75 Å². The molecule has 1 fully saturated rings. The largest absolute Gasteiger partial charge is 0.497 e. The molecule has 0 aliphatic carbocycles. The van der Waals surface area contributed by atoms with Crippen LogP contribution in [-0.4, -0.2) is 58.4 Å². The summed E-state index contributed by atoms with van der Waals surface area (Å²) in [5, 5.41) is 6.92. The molecule has 2 aromatic carbocycles. The van der Waals surface area contributed by atoms with E-state index in [9.17, 15) is 0 Å². The van der Waals surface area contributed by atoms with Crippen molar-refractivity contribution in [1.29, 1.82) is 0 Å². The van der Waals surface area contributed by atoms with E-state index in [0.717, 1.165) is 49.2 Å². The van der Waals surface area contributed by atoms with E-state index in [1.807, 2.05) is 30.3 Å². The molecule has 1 aliphatic rings. The average Bonchev–Trinajstić information content (AvgIpc) is 3.37. The zero-order chi connectivity index (χ0) is 22.8. The van der Waals surface area contributed by atoms with Gasteiger partial charge in [-0.15, -0.1) is 24.0 Å². The summed E-state index contributed by atoms with van der Waals surface area (Å²) >= 11 is 0. The van der Waals surface area contributed by atoms with Gasteiger partial charge in [-0.05, 0) is 68.2 Å². The second-order valence-corrected chi connectivity index (χ2v) is 7.80. The number of guanidine groups is 1. The first-order valence-corrected chi connectivity index (χ1v) is 11.3. The summed E-state index contributed by atoms with van der Waals surface area (Å²) in [6, 6.07) is 14.6. The van der Waals surface area contributed by atoms with Gasteiger partial charge in [0, 0.05) is 13.1 Å². The highest BCUT2D eigenvalue weighted by Gasteiger charge is 2.23. The number of likely N-dealkylation sites (tertiary alicyclic amines) is 1. The lowest BCUT2D eigenvalue weighted by molar-refractivity contribution is 0.245. The molecule has 0 bridgehead atoms. The van der Waals surface area contributed by atoms with Gasteiger partial charge in [0.05, 0.1) is 33.9 Å². The van der Waals surface area contributed by atoms with Gasteiger partial charge in [-0.2, -0.15) is 0 Å². The molecule has 0 saturated carbocycles. The van der Waals surface area contributed by atoms with Crippen molar-refractivity contribution in [3.63, 3.8) is 0 Å². The van der Waals surface area contributed by atoms with E-state index in [-0.39, 0.29) is 30.0 Å². The number of rotatable bonds is 10. The Labute approximate surface area is 214 Å². The zero-order valence-electron chi connectivity index (χ0n) is 20.1. The lowest BCUT2D eigenvalue weighted by atomic mass is 10.1. The fourth-order valence-corrected chi connectivity index (χ4v) is 4.02. The molecule has 1 heterocycles. The number of hydrogen-bond acceptors (Lipinski definition) is 5. The zero-order valence-corrected chi connectivity index (χ0v) is 22.4. The van der Waals surface area contributed by atoms with Gasteiger partial charge in [-0.1, -0.05) is 18.2 Å². The number of halogens is 1. The predicted molar refractivity (Wildman–Crippen MR) is 144 cm³/mol. The topological polar surface area (TPSA) is 67.4 Å². The monoisotopic (exact) mass is 568 g/mol. The maximum atomic E-state index is 5.41. The number of methoxy groups -OCH3 is 3. The van der Waals surface area contributed by atoms with Crippen LogP contribution >= 0.6 is 24.0 Å². The first-order chi connectivity index (χ1) is 15.7. The maximum absolute atomic E-state index is 5.41. The van der Waals surface area contributed by atoms with Crippen LogP contribution < -0.4 is 24.8 Å². The van der Waals surface area contributed by atoms with E-state index in [0.29, 0.717) is 12.3 Å². The standard InChI is InChI=1S/C25H36N4O3.HI/c1-5-26-25(27-17-19-8-13-23(31-3)24(16-19)32-4)28-18-22(29-14-6-7-15-29)20-9-11-21(30-2)12-10-20;/h8-13,16,22H,5-7,14-15,17-18H2,1-4H3,(H2,26,27,28);1H. The molecule has 0 radical (unpaired) electrons. The molecule has 182 valence electrons. The summed E-state index contributed by atoms with van der Waals surface area (Å²) < 4.78 is 16.1.